The quantitative estimate of drug-likeness (QED) is 0.610. The Morgan fingerprint density at radius 1 is 1.07 bits per heavy atom. The number of alkyl halides is 3. The summed E-state index contributed by atoms with van der Waals surface area (Å²) in [5.74, 6) is -0.265. The summed E-state index contributed by atoms with van der Waals surface area (Å²) < 4.78 is 39.1. The first-order valence-electron chi connectivity index (χ1n) is 5.14. The van der Waals surface area contributed by atoms with E-state index in [0.717, 1.165) is 23.7 Å². The number of fused-ring (bicyclic) bond motifs is 1. The summed E-state index contributed by atoms with van der Waals surface area (Å²) >= 11 is 3.37. The van der Waals surface area contributed by atoms with Gasteiger partial charge in [-0.25, -0.2) is 0 Å². The van der Waals surface area contributed by atoms with E-state index in [1.807, 2.05) is 0 Å². The predicted molar refractivity (Wildman–Crippen MR) is 56.6 cm³/mol. The van der Waals surface area contributed by atoms with Crippen LogP contribution in [0.4, 0.5) is 13.2 Å². The average molecular weight is 281 g/mol. The van der Waals surface area contributed by atoms with Gasteiger partial charge in [0.1, 0.15) is 0 Å². The lowest BCUT2D eigenvalue weighted by atomic mass is 9.72. The Morgan fingerprint density at radius 2 is 1.67 bits per heavy atom. The molecule has 2 aliphatic rings. The summed E-state index contributed by atoms with van der Waals surface area (Å²) in [6.07, 6.45) is 2.12. The predicted octanol–water partition coefficient (Wildman–Crippen LogP) is 4.57. The highest BCUT2D eigenvalue weighted by Gasteiger charge is 2.44. The standard InChI is InChI=1S/C11H12BrF3/c12-10-6-5-9(11(13,14)15)7-3-1-2-4-8(7)10/h5-8H,1-4H2. The Balaban J connectivity index is 2.31. The molecule has 0 aliphatic heterocycles. The molecule has 0 aromatic rings. The summed E-state index contributed by atoms with van der Waals surface area (Å²) in [4.78, 5) is 0. The monoisotopic (exact) mass is 280 g/mol. The fraction of sp³-hybridized carbons (Fsp3) is 0.636. The molecule has 0 heterocycles. The van der Waals surface area contributed by atoms with E-state index in [0.29, 0.717) is 6.42 Å². The fourth-order valence-electron chi connectivity index (χ4n) is 2.55. The van der Waals surface area contributed by atoms with Crippen molar-refractivity contribution in [1.82, 2.24) is 0 Å². The first-order valence-corrected chi connectivity index (χ1v) is 5.94. The van der Waals surface area contributed by atoms with Crippen LogP contribution in [-0.2, 0) is 0 Å². The Bertz CT molecular complexity index is 314. The lowest BCUT2D eigenvalue weighted by Crippen LogP contribution is -2.30. The van der Waals surface area contributed by atoms with E-state index < -0.39 is 6.18 Å². The number of allylic oxidation sites excluding steroid dienone is 4. The van der Waals surface area contributed by atoms with Gasteiger partial charge in [-0.1, -0.05) is 40.9 Å². The second kappa shape index (κ2) is 3.96. The van der Waals surface area contributed by atoms with Crippen molar-refractivity contribution in [2.45, 2.75) is 31.9 Å². The normalized spacial score (nSPS) is 31.7. The average Bonchev–Trinajstić information content (AvgIpc) is 2.17. The van der Waals surface area contributed by atoms with Crippen LogP contribution in [0.25, 0.3) is 0 Å². The van der Waals surface area contributed by atoms with Gasteiger partial charge in [0.2, 0.25) is 0 Å². The molecule has 0 aromatic heterocycles. The molecule has 1 fully saturated rings. The fourth-order valence-corrected chi connectivity index (χ4v) is 3.23. The third kappa shape index (κ3) is 2.14. The summed E-state index contributed by atoms with van der Waals surface area (Å²) in [6, 6.07) is 0. The van der Waals surface area contributed by atoms with Crippen LogP contribution in [-0.4, -0.2) is 6.18 Å². The molecule has 1 saturated carbocycles. The summed E-state index contributed by atoms with van der Waals surface area (Å²) in [6.45, 7) is 0. The van der Waals surface area contributed by atoms with Crippen LogP contribution in [0.3, 0.4) is 0 Å². The van der Waals surface area contributed by atoms with Crippen LogP contribution in [0.5, 0.6) is 0 Å². The number of rotatable bonds is 0. The van der Waals surface area contributed by atoms with E-state index in [1.165, 1.54) is 6.08 Å². The molecule has 0 aromatic carbocycles. The van der Waals surface area contributed by atoms with Crippen molar-refractivity contribution in [3.8, 4) is 0 Å². The topological polar surface area (TPSA) is 0 Å². The van der Waals surface area contributed by atoms with Crippen LogP contribution in [0.2, 0.25) is 0 Å². The highest BCUT2D eigenvalue weighted by atomic mass is 79.9. The molecule has 0 radical (unpaired) electrons. The van der Waals surface area contributed by atoms with Gasteiger partial charge in [-0.3, -0.25) is 0 Å². The van der Waals surface area contributed by atoms with Gasteiger partial charge in [-0.15, -0.1) is 0 Å². The van der Waals surface area contributed by atoms with E-state index in [-0.39, 0.29) is 17.4 Å². The molecule has 0 bridgehead atoms. The highest BCUT2D eigenvalue weighted by Crippen LogP contribution is 2.48. The van der Waals surface area contributed by atoms with Gasteiger partial charge in [0.05, 0.1) is 0 Å². The van der Waals surface area contributed by atoms with Crippen molar-refractivity contribution >= 4 is 15.9 Å². The molecule has 2 unspecified atom stereocenters. The van der Waals surface area contributed by atoms with Gasteiger partial charge < -0.3 is 0 Å². The molecule has 84 valence electrons. The lowest BCUT2D eigenvalue weighted by molar-refractivity contribution is -0.103. The Labute approximate surface area is 95.4 Å². The van der Waals surface area contributed by atoms with Gasteiger partial charge in [0.15, 0.2) is 0 Å². The maximum Gasteiger partial charge on any atom is 0.412 e. The SMILES string of the molecule is FC(F)(F)C1=CC=C(Br)C2CCCCC12. The van der Waals surface area contributed by atoms with Crippen LogP contribution < -0.4 is 0 Å². The molecular weight excluding hydrogens is 269 g/mol. The maximum absolute atomic E-state index is 12.7. The molecule has 0 N–H and O–H groups in total. The van der Waals surface area contributed by atoms with Crippen molar-refractivity contribution in [3.05, 3.63) is 22.2 Å². The van der Waals surface area contributed by atoms with Crippen molar-refractivity contribution in [2.24, 2.45) is 11.8 Å². The van der Waals surface area contributed by atoms with Gasteiger partial charge in [-0.05, 0) is 29.2 Å². The van der Waals surface area contributed by atoms with Crippen LogP contribution in [0, 0.1) is 11.8 Å². The zero-order chi connectivity index (χ0) is 11.1. The van der Waals surface area contributed by atoms with E-state index in [1.54, 1.807) is 6.08 Å². The maximum atomic E-state index is 12.7. The summed E-state index contributed by atoms with van der Waals surface area (Å²) in [5.41, 5.74) is -0.338. The third-order valence-electron chi connectivity index (χ3n) is 3.27. The van der Waals surface area contributed by atoms with E-state index >= 15 is 0 Å². The number of hydrogen-bond donors (Lipinski definition) is 0. The molecule has 0 nitrogen and oxygen atoms in total. The van der Waals surface area contributed by atoms with Gasteiger partial charge in [0.25, 0.3) is 0 Å². The van der Waals surface area contributed by atoms with E-state index in [4.69, 9.17) is 0 Å². The minimum absolute atomic E-state index is 0.0559. The van der Waals surface area contributed by atoms with Crippen molar-refractivity contribution in [1.29, 1.82) is 0 Å². The van der Waals surface area contributed by atoms with Crippen LogP contribution >= 0.6 is 15.9 Å². The molecule has 2 aliphatic carbocycles. The second-order valence-corrected chi connectivity index (χ2v) is 5.08. The molecule has 0 spiro atoms. The number of halogens is 4. The Kier molecular flexibility index (Phi) is 2.97. The molecule has 4 heteroatoms. The summed E-state index contributed by atoms with van der Waals surface area (Å²) in [5, 5.41) is 0. The molecule has 0 amide bonds. The molecule has 2 atom stereocenters. The van der Waals surface area contributed by atoms with Gasteiger partial charge in [0, 0.05) is 5.57 Å². The molecule has 0 saturated heterocycles. The second-order valence-electron chi connectivity index (χ2n) is 4.17. The van der Waals surface area contributed by atoms with Gasteiger partial charge >= 0.3 is 6.18 Å². The zero-order valence-corrected chi connectivity index (χ0v) is 9.74. The first-order chi connectivity index (χ1) is 7.00. The lowest BCUT2D eigenvalue weighted by Gasteiger charge is -2.36. The van der Waals surface area contributed by atoms with Crippen LogP contribution in [0.15, 0.2) is 22.2 Å². The molecule has 2 rings (SSSR count). The summed E-state index contributed by atoms with van der Waals surface area (Å²) in [7, 11) is 0. The minimum atomic E-state index is -4.16. The third-order valence-corrected chi connectivity index (χ3v) is 4.12. The molecule has 15 heavy (non-hydrogen) atoms. The first kappa shape index (κ1) is 11.2. The van der Waals surface area contributed by atoms with Crippen molar-refractivity contribution < 1.29 is 13.2 Å². The number of hydrogen-bond acceptors (Lipinski definition) is 0. The largest absolute Gasteiger partial charge is 0.412 e. The minimum Gasteiger partial charge on any atom is -0.166 e. The highest BCUT2D eigenvalue weighted by molar-refractivity contribution is 9.11. The van der Waals surface area contributed by atoms with E-state index in [9.17, 15) is 13.2 Å². The Hall–Kier alpha value is -0.250. The zero-order valence-electron chi connectivity index (χ0n) is 8.15. The van der Waals surface area contributed by atoms with Crippen molar-refractivity contribution in [2.75, 3.05) is 0 Å². The van der Waals surface area contributed by atoms with Crippen LogP contribution in [0.1, 0.15) is 25.7 Å². The van der Waals surface area contributed by atoms with E-state index in [2.05, 4.69) is 15.9 Å². The van der Waals surface area contributed by atoms with Gasteiger partial charge in [-0.2, -0.15) is 13.2 Å². The Morgan fingerprint density at radius 3 is 2.27 bits per heavy atom. The van der Waals surface area contributed by atoms with Crippen molar-refractivity contribution in [3.63, 3.8) is 0 Å². The molecular formula is C11H12BrF3. The smallest absolute Gasteiger partial charge is 0.166 e.